The van der Waals surface area contributed by atoms with E-state index < -0.39 is 31.0 Å². The minimum absolute atomic E-state index is 0.120. The molecule has 0 amide bonds. The van der Waals surface area contributed by atoms with Crippen molar-refractivity contribution in [2.24, 2.45) is 0 Å². The first kappa shape index (κ1) is 19.9. The largest absolute Gasteiger partial charge is 0.496 e. The molecule has 27 heavy (non-hydrogen) atoms. The van der Waals surface area contributed by atoms with Crippen LogP contribution < -0.4 is 10.1 Å². The summed E-state index contributed by atoms with van der Waals surface area (Å²) in [7, 11) is -5.72. The summed E-state index contributed by atoms with van der Waals surface area (Å²) < 4.78 is 55.8. The van der Waals surface area contributed by atoms with Crippen molar-refractivity contribution in [1.29, 1.82) is 0 Å². The summed E-state index contributed by atoms with van der Waals surface area (Å²) in [5, 5.41) is 2.12. The van der Waals surface area contributed by atoms with Gasteiger partial charge in [-0.15, -0.1) is 0 Å². The fourth-order valence-corrected chi connectivity index (χ4v) is 8.16. The van der Waals surface area contributed by atoms with Crippen molar-refractivity contribution in [2.45, 2.75) is 29.7 Å². The van der Waals surface area contributed by atoms with Crippen LogP contribution in [0, 0.1) is 6.92 Å². The van der Waals surface area contributed by atoms with Crippen molar-refractivity contribution >= 4 is 19.7 Å². The van der Waals surface area contributed by atoms with Crippen molar-refractivity contribution in [3.05, 3.63) is 59.7 Å². The van der Waals surface area contributed by atoms with Crippen LogP contribution in [0.4, 0.5) is 0 Å². The van der Waals surface area contributed by atoms with Gasteiger partial charge in [-0.25, -0.2) is 16.8 Å². The number of hydrogen-bond donors (Lipinski definition) is 1. The lowest BCUT2D eigenvalue weighted by molar-refractivity contribution is 0.411. The SMILES string of the molecule is COc1ccc(S(=O)(=O)[C@@H]2CS(=O)(=O)C[C@H]2NCc2ccccc2)cc1C. The summed E-state index contributed by atoms with van der Waals surface area (Å²) in [6, 6.07) is 13.4. The maximum absolute atomic E-state index is 13.2. The van der Waals surface area contributed by atoms with Crippen LogP contribution in [0.5, 0.6) is 5.75 Å². The van der Waals surface area contributed by atoms with Gasteiger partial charge in [0, 0.05) is 12.6 Å². The molecule has 1 N–H and O–H groups in total. The maximum atomic E-state index is 13.2. The Morgan fingerprint density at radius 1 is 1.11 bits per heavy atom. The molecule has 2 aromatic carbocycles. The number of ether oxygens (including phenoxy) is 1. The highest BCUT2D eigenvalue weighted by Gasteiger charge is 2.45. The second-order valence-electron chi connectivity index (χ2n) is 6.76. The van der Waals surface area contributed by atoms with Crippen molar-refractivity contribution < 1.29 is 21.6 Å². The Balaban J connectivity index is 1.88. The third kappa shape index (κ3) is 4.34. The van der Waals surface area contributed by atoms with Crippen LogP contribution in [0.3, 0.4) is 0 Å². The molecule has 0 saturated carbocycles. The predicted molar refractivity (Wildman–Crippen MR) is 104 cm³/mol. The number of methoxy groups -OCH3 is 1. The van der Waals surface area contributed by atoms with E-state index in [2.05, 4.69) is 5.32 Å². The van der Waals surface area contributed by atoms with Gasteiger partial charge in [-0.05, 0) is 36.2 Å². The minimum Gasteiger partial charge on any atom is -0.496 e. The van der Waals surface area contributed by atoms with Gasteiger partial charge in [-0.2, -0.15) is 0 Å². The molecule has 1 aliphatic rings. The molecule has 0 unspecified atom stereocenters. The molecule has 6 nitrogen and oxygen atoms in total. The molecule has 0 aromatic heterocycles. The van der Waals surface area contributed by atoms with E-state index >= 15 is 0 Å². The van der Waals surface area contributed by atoms with Crippen LogP contribution in [0.1, 0.15) is 11.1 Å². The van der Waals surface area contributed by atoms with E-state index in [1.807, 2.05) is 30.3 Å². The van der Waals surface area contributed by atoms with Crippen molar-refractivity contribution in [2.75, 3.05) is 18.6 Å². The fraction of sp³-hybridized carbons (Fsp3) is 0.368. The van der Waals surface area contributed by atoms with E-state index in [0.29, 0.717) is 17.9 Å². The van der Waals surface area contributed by atoms with E-state index in [9.17, 15) is 16.8 Å². The zero-order valence-electron chi connectivity index (χ0n) is 15.3. The topological polar surface area (TPSA) is 89.5 Å². The number of benzene rings is 2. The zero-order valence-corrected chi connectivity index (χ0v) is 16.9. The average molecular weight is 410 g/mol. The number of rotatable bonds is 6. The molecule has 3 rings (SSSR count). The van der Waals surface area contributed by atoms with Crippen molar-refractivity contribution in [3.63, 3.8) is 0 Å². The molecule has 8 heteroatoms. The van der Waals surface area contributed by atoms with E-state index in [1.165, 1.54) is 19.2 Å². The van der Waals surface area contributed by atoms with E-state index in [0.717, 1.165) is 5.56 Å². The number of hydrogen-bond acceptors (Lipinski definition) is 6. The van der Waals surface area contributed by atoms with Crippen LogP contribution in [-0.4, -0.2) is 46.7 Å². The van der Waals surface area contributed by atoms with Crippen molar-refractivity contribution in [3.8, 4) is 5.75 Å². The molecule has 0 spiro atoms. The molecule has 146 valence electrons. The molecule has 2 atom stereocenters. The van der Waals surface area contributed by atoms with E-state index in [1.54, 1.807) is 13.0 Å². The summed E-state index contributed by atoms with van der Waals surface area (Å²) in [6.45, 7) is 2.17. The van der Waals surface area contributed by atoms with Crippen LogP contribution >= 0.6 is 0 Å². The van der Waals surface area contributed by atoms with E-state index in [-0.39, 0.29) is 16.4 Å². The third-order valence-electron chi connectivity index (χ3n) is 4.81. The first-order valence-electron chi connectivity index (χ1n) is 8.59. The Morgan fingerprint density at radius 3 is 2.44 bits per heavy atom. The Kier molecular flexibility index (Phi) is 5.60. The Hall–Kier alpha value is -1.90. The summed E-state index contributed by atoms with van der Waals surface area (Å²) >= 11 is 0. The first-order chi connectivity index (χ1) is 12.7. The van der Waals surface area contributed by atoms with Crippen LogP contribution in [0.15, 0.2) is 53.4 Å². The van der Waals surface area contributed by atoms with Crippen LogP contribution in [0.25, 0.3) is 0 Å². The van der Waals surface area contributed by atoms with E-state index in [4.69, 9.17) is 4.74 Å². The fourth-order valence-electron chi connectivity index (χ4n) is 3.36. The van der Waals surface area contributed by atoms with Crippen LogP contribution in [0.2, 0.25) is 0 Å². The number of sulfone groups is 2. The van der Waals surface area contributed by atoms with Gasteiger partial charge in [0.25, 0.3) is 0 Å². The Morgan fingerprint density at radius 2 is 1.81 bits per heavy atom. The van der Waals surface area contributed by atoms with Gasteiger partial charge in [0.2, 0.25) is 0 Å². The lowest BCUT2D eigenvalue weighted by Crippen LogP contribution is -2.43. The molecule has 2 aromatic rings. The van der Waals surface area contributed by atoms with Gasteiger partial charge >= 0.3 is 0 Å². The summed E-state index contributed by atoms with van der Waals surface area (Å²) in [6.07, 6.45) is 0. The lowest BCUT2D eigenvalue weighted by atomic mass is 10.2. The van der Waals surface area contributed by atoms with Gasteiger partial charge in [0.05, 0.1) is 28.8 Å². The molecular weight excluding hydrogens is 386 g/mol. The van der Waals surface area contributed by atoms with Gasteiger partial charge in [0.15, 0.2) is 19.7 Å². The maximum Gasteiger partial charge on any atom is 0.183 e. The second-order valence-corrected chi connectivity index (χ2v) is 11.1. The monoisotopic (exact) mass is 409 g/mol. The molecule has 1 fully saturated rings. The molecule has 1 heterocycles. The summed E-state index contributed by atoms with van der Waals surface area (Å²) in [5.74, 6) is 0.0397. The van der Waals surface area contributed by atoms with Crippen LogP contribution in [-0.2, 0) is 26.2 Å². The van der Waals surface area contributed by atoms with Gasteiger partial charge in [0.1, 0.15) is 5.75 Å². The molecule has 0 bridgehead atoms. The highest BCUT2D eigenvalue weighted by molar-refractivity contribution is 7.96. The Labute approximate surface area is 160 Å². The normalized spacial score (nSPS) is 21.9. The van der Waals surface area contributed by atoms with Gasteiger partial charge < -0.3 is 10.1 Å². The highest BCUT2D eigenvalue weighted by atomic mass is 32.2. The predicted octanol–water partition coefficient (Wildman–Crippen LogP) is 1.73. The highest BCUT2D eigenvalue weighted by Crippen LogP contribution is 2.29. The Bertz CT molecular complexity index is 1020. The molecule has 1 aliphatic heterocycles. The zero-order chi connectivity index (χ0) is 19.7. The lowest BCUT2D eigenvalue weighted by Gasteiger charge is -2.20. The molecule has 1 saturated heterocycles. The van der Waals surface area contributed by atoms with Gasteiger partial charge in [-0.3, -0.25) is 0 Å². The van der Waals surface area contributed by atoms with Gasteiger partial charge in [-0.1, -0.05) is 30.3 Å². The number of nitrogens with one attached hydrogen (secondary N) is 1. The molecular formula is C19H23NO5S2. The quantitative estimate of drug-likeness (QED) is 0.782. The molecule has 0 aliphatic carbocycles. The first-order valence-corrected chi connectivity index (χ1v) is 12.0. The standard InChI is InChI=1S/C19H23NO5S2/c1-14-10-16(8-9-18(14)25-2)27(23,24)19-13-26(21,22)12-17(19)20-11-15-6-4-3-5-7-15/h3-10,17,19-20H,11-13H2,1-2H3/t17-,19-/m1/s1. The smallest absolute Gasteiger partial charge is 0.183 e. The third-order valence-corrected chi connectivity index (χ3v) is 8.95. The number of aryl methyl sites for hydroxylation is 1. The summed E-state index contributed by atoms with van der Waals surface area (Å²) in [4.78, 5) is 0.120. The second kappa shape index (κ2) is 7.61. The summed E-state index contributed by atoms with van der Waals surface area (Å²) in [5.41, 5.74) is 1.66. The average Bonchev–Trinajstić information content (AvgIpc) is 2.96. The minimum atomic E-state index is -3.81. The molecule has 0 radical (unpaired) electrons. The van der Waals surface area contributed by atoms with Crippen molar-refractivity contribution in [1.82, 2.24) is 5.32 Å².